The summed E-state index contributed by atoms with van der Waals surface area (Å²) in [4.78, 5) is 1.44. The topological polar surface area (TPSA) is 54.5 Å². The van der Waals surface area contributed by atoms with Gasteiger partial charge in [0.2, 0.25) is 0 Å². The molecule has 0 aliphatic heterocycles. The predicted molar refractivity (Wildman–Crippen MR) is 50.8 cm³/mol. The van der Waals surface area contributed by atoms with E-state index in [4.69, 9.17) is 5.26 Å². The molecular formula is C10H8N4. The third-order valence-electron chi connectivity index (χ3n) is 1.91. The van der Waals surface area contributed by atoms with Gasteiger partial charge in [-0.15, -0.1) is 0 Å². The lowest BCUT2D eigenvalue weighted by molar-refractivity contribution is 0.750. The standard InChI is InChI=1S/C10H8N4/c1-8-2-3-10(9(6-8)7-11)14-12-4-5-13-14/h2-6H,1H3. The zero-order valence-corrected chi connectivity index (χ0v) is 7.68. The van der Waals surface area contributed by atoms with Crippen LogP contribution in [0.15, 0.2) is 30.6 Å². The summed E-state index contributed by atoms with van der Waals surface area (Å²) < 4.78 is 0. The summed E-state index contributed by atoms with van der Waals surface area (Å²) in [5.74, 6) is 0. The monoisotopic (exact) mass is 184 g/mol. The second kappa shape index (κ2) is 3.30. The summed E-state index contributed by atoms with van der Waals surface area (Å²) in [6, 6.07) is 7.71. The Morgan fingerprint density at radius 3 is 2.64 bits per heavy atom. The second-order valence-electron chi connectivity index (χ2n) is 2.95. The Bertz CT molecular complexity index is 479. The third-order valence-corrected chi connectivity index (χ3v) is 1.91. The van der Waals surface area contributed by atoms with Crippen LogP contribution in [0.5, 0.6) is 0 Å². The molecule has 4 nitrogen and oxygen atoms in total. The van der Waals surface area contributed by atoms with Gasteiger partial charge in [0.1, 0.15) is 11.8 Å². The molecule has 0 aliphatic carbocycles. The van der Waals surface area contributed by atoms with Crippen LogP contribution in [-0.4, -0.2) is 15.0 Å². The van der Waals surface area contributed by atoms with Crippen LogP contribution in [0.2, 0.25) is 0 Å². The fourth-order valence-electron chi connectivity index (χ4n) is 1.25. The molecule has 1 aromatic carbocycles. The van der Waals surface area contributed by atoms with Gasteiger partial charge in [-0.2, -0.15) is 20.3 Å². The van der Waals surface area contributed by atoms with E-state index in [-0.39, 0.29) is 0 Å². The Morgan fingerprint density at radius 1 is 1.29 bits per heavy atom. The average molecular weight is 184 g/mol. The van der Waals surface area contributed by atoms with Crippen molar-refractivity contribution in [1.82, 2.24) is 15.0 Å². The smallest absolute Gasteiger partial charge is 0.103 e. The van der Waals surface area contributed by atoms with Gasteiger partial charge in [0.25, 0.3) is 0 Å². The van der Waals surface area contributed by atoms with E-state index < -0.39 is 0 Å². The van der Waals surface area contributed by atoms with Gasteiger partial charge in [0.15, 0.2) is 0 Å². The number of hydrogen-bond acceptors (Lipinski definition) is 3. The zero-order valence-electron chi connectivity index (χ0n) is 7.68. The maximum atomic E-state index is 8.92. The van der Waals surface area contributed by atoms with Crippen LogP contribution in [0.4, 0.5) is 0 Å². The molecule has 2 aromatic rings. The Balaban J connectivity index is 2.60. The van der Waals surface area contributed by atoms with Gasteiger partial charge in [0.05, 0.1) is 18.0 Å². The molecule has 14 heavy (non-hydrogen) atoms. The molecule has 0 bridgehead atoms. The Hall–Kier alpha value is -2.15. The van der Waals surface area contributed by atoms with Crippen LogP contribution in [0.25, 0.3) is 5.69 Å². The summed E-state index contributed by atoms with van der Waals surface area (Å²) >= 11 is 0. The molecule has 4 heteroatoms. The van der Waals surface area contributed by atoms with Gasteiger partial charge < -0.3 is 0 Å². The lowest BCUT2D eigenvalue weighted by Crippen LogP contribution is -2.01. The number of aromatic nitrogens is 3. The van der Waals surface area contributed by atoms with E-state index in [1.807, 2.05) is 25.1 Å². The first-order chi connectivity index (χ1) is 6.81. The minimum atomic E-state index is 0.584. The number of aryl methyl sites for hydroxylation is 1. The molecule has 2 rings (SSSR count). The van der Waals surface area contributed by atoms with Crippen molar-refractivity contribution in [3.63, 3.8) is 0 Å². The minimum Gasteiger partial charge on any atom is -0.192 e. The highest BCUT2D eigenvalue weighted by atomic mass is 15.5. The van der Waals surface area contributed by atoms with Gasteiger partial charge >= 0.3 is 0 Å². The van der Waals surface area contributed by atoms with Crippen LogP contribution < -0.4 is 0 Å². The van der Waals surface area contributed by atoms with Gasteiger partial charge in [0, 0.05) is 0 Å². The van der Waals surface area contributed by atoms with E-state index >= 15 is 0 Å². The maximum Gasteiger partial charge on any atom is 0.103 e. The average Bonchev–Trinajstić information content (AvgIpc) is 2.70. The van der Waals surface area contributed by atoms with Crippen molar-refractivity contribution in [2.75, 3.05) is 0 Å². The summed E-state index contributed by atoms with van der Waals surface area (Å²) in [7, 11) is 0. The third kappa shape index (κ3) is 1.36. The van der Waals surface area contributed by atoms with Crippen molar-refractivity contribution in [3.05, 3.63) is 41.7 Å². The largest absolute Gasteiger partial charge is 0.192 e. The molecule has 0 saturated carbocycles. The van der Waals surface area contributed by atoms with Crippen LogP contribution in [0, 0.1) is 18.3 Å². The van der Waals surface area contributed by atoms with Crippen LogP contribution in [0.1, 0.15) is 11.1 Å². The van der Waals surface area contributed by atoms with Crippen LogP contribution in [-0.2, 0) is 0 Å². The normalized spacial score (nSPS) is 9.71. The number of nitriles is 1. The highest BCUT2D eigenvalue weighted by molar-refractivity contribution is 5.49. The molecule has 0 N–H and O–H groups in total. The highest BCUT2D eigenvalue weighted by Crippen LogP contribution is 2.13. The van der Waals surface area contributed by atoms with Gasteiger partial charge in [-0.25, -0.2) is 0 Å². The Labute approximate surface area is 81.4 Å². The van der Waals surface area contributed by atoms with E-state index in [1.54, 1.807) is 12.4 Å². The van der Waals surface area contributed by atoms with Crippen molar-refractivity contribution >= 4 is 0 Å². The molecule has 0 amide bonds. The molecule has 0 saturated heterocycles. The second-order valence-corrected chi connectivity index (χ2v) is 2.95. The quantitative estimate of drug-likeness (QED) is 0.674. The molecule has 0 fully saturated rings. The van der Waals surface area contributed by atoms with Crippen molar-refractivity contribution < 1.29 is 0 Å². The predicted octanol–water partition coefficient (Wildman–Crippen LogP) is 1.45. The fraction of sp³-hybridized carbons (Fsp3) is 0.100. The molecule has 0 unspecified atom stereocenters. The van der Waals surface area contributed by atoms with Crippen LogP contribution in [0.3, 0.4) is 0 Å². The van der Waals surface area contributed by atoms with Crippen molar-refractivity contribution in [1.29, 1.82) is 5.26 Å². The molecular weight excluding hydrogens is 176 g/mol. The van der Waals surface area contributed by atoms with E-state index in [1.165, 1.54) is 4.80 Å². The lowest BCUT2D eigenvalue weighted by Gasteiger charge is -2.02. The van der Waals surface area contributed by atoms with Gasteiger partial charge in [-0.1, -0.05) is 6.07 Å². The molecule has 1 heterocycles. The van der Waals surface area contributed by atoms with Gasteiger partial charge in [-0.3, -0.25) is 0 Å². The van der Waals surface area contributed by atoms with Gasteiger partial charge in [-0.05, 0) is 24.6 Å². The number of rotatable bonds is 1. The SMILES string of the molecule is Cc1ccc(-n2nccn2)c(C#N)c1. The van der Waals surface area contributed by atoms with Crippen molar-refractivity contribution in [2.45, 2.75) is 6.92 Å². The fourth-order valence-corrected chi connectivity index (χ4v) is 1.25. The molecule has 0 spiro atoms. The number of benzene rings is 1. The molecule has 68 valence electrons. The van der Waals surface area contributed by atoms with Crippen LogP contribution >= 0.6 is 0 Å². The van der Waals surface area contributed by atoms with E-state index in [0.717, 1.165) is 5.56 Å². The summed E-state index contributed by atoms with van der Waals surface area (Å²) in [5, 5.41) is 16.9. The van der Waals surface area contributed by atoms with E-state index in [0.29, 0.717) is 11.3 Å². The lowest BCUT2D eigenvalue weighted by atomic mass is 10.1. The Morgan fingerprint density at radius 2 is 2.00 bits per heavy atom. The van der Waals surface area contributed by atoms with Crippen molar-refractivity contribution in [2.24, 2.45) is 0 Å². The Kier molecular flexibility index (Phi) is 1.99. The number of hydrogen-bond donors (Lipinski definition) is 0. The summed E-state index contributed by atoms with van der Waals surface area (Å²) in [6.07, 6.45) is 3.17. The molecule has 1 aromatic heterocycles. The van der Waals surface area contributed by atoms with E-state index in [9.17, 15) is 0 Å². The maximum absolute atomic E-state index is 8.92. The summed E-state index contributed by atoms with van der Waals surface area (Å²) in [6.45, 7) is 1.95. The minimum absolute atomic E-state index is 0.584. The first kappa shape index (κ1) is 8.45. The molecule has 0 aliphatic rings. The van der Waals surface area contributed by atoms with E-state index in [2.05, 4.69) is 16.3 Å². The van der Waals surface area contributed by atoms with Crippen molar-refractivity contribution in [3.8, 4) is 11.8 Å². The highest BCUT2D eigenvalue weighted by Gasteiger charge is 2.04. The molecule has 0 radical (unpaired) electrons. The first-order valence-electron chi connectivity index (χ1n) is 4.18. The first-order valence-corrected chi connectivity index (χ1v) is 4.18. The zero-order chi connectivity index (χ0) is 9.97. The molecule has 0 atom stereocenters. The number of nitrogens with zero attached hydrogens (tertiary/aromatic N) is 4. The summed E-state index contributed by atoms with van der Waals surface area (Å²) in [5.41, 5.74) is 2.35.